The molecule has 2 aromatic heterocycles. The first-order valence-electron chi connectivity index (χ1n) is 5.58. The molecule has 3 heterocycles. The summed E-state index contributed by atoms with van der Waals surface area (Å²) in [4.78, 5) is 12.1. The largest absolute Gasteiger partial charge is 0.412 e. The zero-order valence-electron chi connectivity index (χ0n) is 9.97. The molecule has 0 bridgehead atoms. The van der Waals surface area contributed by atoms with Gasteiger partial charge in [-0.2, -0.15) is 0 Å². The lowest BCUT2D eigenvalue weighted by atomic mass is 10.2. The maximum Gasteiger partial charge on any atom is 0.167 e. The molecule has 9 nitrogen and oxygen atoms in total. The molecular weight excluding hydrogens is 255 g/mol. The summed E-state index contributed by atoms with van der Waals surface area (Å²) in [6.07, 6.45) is 1.60. The second-order valence-electron chi connectivity index (χ2n) is 4.20. The summed E-state index contributed by atoms with van der Waals surface area (Å²) in [7, 11) is 0. The minimum absolute atomic E-state index is 0. The summed E-state index contributed by atoms with van der Waals surface area (Å²) in [5, 5.41) is 18.8. The van der Waals surface area contributed by atoms with E-state index in [1.165, 1.54) is 6.33 Å². The van der Waals surface area contributed by atoms with Gasteiger partial charge >= 0.3 is 0 Å². The Balaban J connectivity index is 0.00000133. The first kappa shape index (κ1) is 13.6. The van der Waals surface area contributed by atoms with E-state index >= 15 is 0 Å². The quantitative estimate of drug-likeness (QED) is 0.546. The van der Waals surface area contributed by atoms with Gasteiger partial charge in [0.1, 0.15) is 24.2 Å². The van der Waals surface area contributed by atoms with E-state index in [0.29, 0.717) is 23.4 Å². The third kappa shape index (κ3) is 2.12. The Kier molecular flexibility index (Phi) is 3.62. The summed E-state index contributed by atoms with van der Waals surface area (Å²) < 4.78 is 7.22. The Hall–Kier alpha value is -1.81. The highest BCUT2D eigenvalue weighted by molar-refractivity contribution is 5.81. The number of imidazole rings is 1. The first-order chi connectivity index (χ1) is 8.70. The molecule has 6 N–H and O–H groups in total. The molecule has 0 saturated carbocycles. The summed E-state index contributed by atoms with van der Waals surface area (Å²) in [6, 6.07) is 0. The van der Waals surface area contributed by atoms with Gasteiger partial charge in [-0.1, -0.05) is 0 Å². The Bertz CT molecular complexity index is 574. The number of fused-ring (bicyclic) bond motifs is 1. The van der Waals surface area contributed by atoms with Crippen LogP contribution in [-0.2, 0) is 4.74 Å². The van der Waals surface area contributed by atoms with Crippen LogP contribution in [0.4, 0.5) is 5.82 Å². The SMILES string of the molecule is Nc1ncnc2c1ncn2[13C@H]1C[C@H](O)[C@@H](CO)O1.O. The van der Waals surface area contributed by atoms with Gasteiger partial charge in [0.05, 0.1) is 19.0 Å². The van der Waals surface area contributed by atoms with Crippen molar-refractivity contribution in [3.8, 4) is 0 Å². The number of hydrogen-bond acceptors (Lipinski definition) is 7. The molecule has 104 valence electrons. The van der Waals surface area contributed by atoms with Crippen molar-refractivity contribution in [3.63, 3.8) is 0 Å². The number of nitrogens with two attached hydrogens (primary N) is 1. The fourth-order valence-corrected chi connectivity index (χ4v) is 2.13. The monoisotopic (exact) mass is 270 g/mol. The van der Waals surface area contributed by atoms with Crippen LogP contribution >= 0.6 is 0 Å². The van der Waals surface area contributed by atoms with E-state index in [0.717, 1.165) is 0 Å². The van der Waals surface area contributed by atoms with E-state index in [1.807, 2.05) is 0 Å². The third-order valence-electron chi connectivity index (χ3n) is 3.08. The van der Waals surface area contributed by atoms with E-state index in [4.69, 9.17) is 15.6 Å². The number of aliphatic hydroxyl groups is 2. The molecule has 0 unspecified atom stereocenters. The maximum atomic E-state index is 9.71. The normalized spacial score (nSPS) is 26.5. The smallest absolute Gasteiger partial charge is 0.167 e. The molecule has 0 radical (unpaired) electrons. The van der Waals surface area contributed by atoms with Gasteiger partial charge in [-0.3, -0.25) is 4.57 Å². The molecule has 3 rings (SSSR count). The van der Waals surface area contributed by atoms with Crippen molar-refractivity contribution < 1.29 is 20.4 Å². The molecule has 1 aliphatic rings. The lowest BCUT2D eigenvalue weighted by molar-refractivity contribution is -0.0432. The van der Waals surface area contributed by atoms with Crippen molar-refractivity contribution in [2.45, 2.75) is 24.9 Å². The lowest BCUT2D eigenvalue weighted by Gasteiger charge is -2.13. The third-order valence-corrected chi connectivity index (χ3v) is 3.08. The van der Waals surface area contributed by atoms with Gasteiger partial charge in [0, 0.05) is 6.42 Å². The summed E-state index contributed by atoms with van der Waals surface area (Å²) >= 11 is 0. The standard InChI is InChI=1S/C10H13N5O3.H2O/c11-9-8-10(13-3-12-9)15(4-14-8)7-1-5(17)6(2-16)18-7;/h3-7,16-17H,1-2H2,(H2,11,12,13);1H2/t5-,6+,7+;/m0./s1/i7+1;. The molecule has 3 atom stereocenters. The van der Waals surface area contributed by atoms with Crippen LogP contribution in [0.5, 0.6) is 0 Å². The first-order valence-corrected chi connectivity index (χ1v) is 5.58. The van der Waals surface area contributed by atoms with Gasteiger partial charge in [0.2, 0.25) is 0 Å². The number of ether oxygens (including phenoxy) is 1. The van der Waals surface area contributed by atoms with Crippen LogP contribution in [-0.4, -0.2) is 54.0 Å². The minimum atomic E-state index is -0.698. The van der Waals surface area contributed by atoms with Gasteiger partial charge < -0.3 is 26.2 Å². The predicted octanol–water partition coefficient (Wildman–Crippen LogP) is -1.78. The van der Waals surface area contributed by atoms with Crippen molar-refractivity contribution in [2.75, 3.05) is 12.3 Å². The van der Waals surface area contributed by atoms with Crippen LogP contribution in [0.15, 0.2) is 12.7 Å². The van der Waals surface area contributed by atoms with E-state index in [-0.39, 0.29) is 12.1 Å². The number of nitrogen functional groups attached to an aromatic ring is 1. The number of rotatable bonds is 2. The molecular formula is C10H15N5O4. The van der Waals surface area contributed by atoms with Crippen LogP contribution in [0, 0.1) is 0 Å². The molecule has 0 amide bonds. The van der Waals surface area contributed by atoms with Crippen LogP contribution in [0.2, 0.25) is 0 Å². The minimum Gasteiger partial charge on any atom is -0.412 e. The molecule has 19 heavy (non-hydrogen) atoms. The molecule has 1 saturated heterocycles. The van der Waals surface area contributed by atoms with Crippen LogP contribution in [0.1, 0.15) is 12.6 Å². The summed E-state index contributed by atoms with van der Waals surface area (Å²) in [5.41, 5.74) is 6.75. The van der Waals surface area contributed by atoms with Gasteiger partial charge in [0.25, 0.3) is 0 Å². The molecule has 0 aromatic carbocycles. The number of aliphatic hydroxyl groups excluding tert-OH is 2. The van der Waals surface area contributed by atoms with E-state index in [1.54, 1.807) is 10.9 Å². The Morgan fingerprint density at radius 2 is 2.21 bits per heavy atom. The highest BCUT2D eigenvalue weighted by atomic mass is 16.6. The van der Waals surface area contributed by atoms with E-state index in [2.05, 4.69) is 15.0 Å². The Labute approximate surface area is 108 Å². The maximum absolute atomic E-state index is 9.71. The topological polar surface area (TPSA) is 151 Å². The average molecular weight is 270 g/mol. The number of anilines is 1. The second-order valence-corrected chi connectivity index (χ2v) is 4.20. The molecule has 0 spiro atoms. The summed E-state index contributed by atoms with van der Waals surface area (Å²) in [5.74, 6) is 0.302. The van der Waals surface area contributed by atoms with Crippen LogP contribution < -0.4 is 5.73 Å². The number of nitrogens with zero attached hydrogens (tertiary/aromatic N) is 4. The predicted molar refractivity (Wildman–Crippen MR) is 65.0 cm³/mol. The number of aromatic nitrogens is 4. The van der Waals surface area contributed by atoms with Gasteiger partial charge in [-0.05, 0) is 0 Å². The van der Waals surface area contributed by atoms with Crippen molar-refractivity contribution in [1.29, 1.82) is 0 Å². The van der Waals surface area contributed by atoms with Gasteiger partial charge in [0.15, 0.2) is 11.5 Å². The summed E-state index contributed by atoms with van der Waals surface area (Å²) in [6.45, 7) is -0.221. The molecule has 1 fully saturated rings. The number of hydrogen-bond donors (Lipinski definition) is 3. The van der Waals surface area contributed by atoms with E-state index in [9.17, 15) is 5.11 Å². The second kappa shape index (κ2) is 5.05. The zero-order chi connectivity index (χ0) is 12.7. The fraction of sp³-hybridized carbons (Fsp3) is 0.500. The van der Waals surface area contributed by atoms with Gasteiger partial charge in [-0.25, -0.2) is 15.0 Å². The highest BCUT2D eigenvalue weighted by Gasteiger charge is 2.35. The zero-order valence-corrected chi connectivity index (χ0v) is 9.97. The molecule has 1 aliphatic heterocycles. The average Bonchev–Trinajstić information content (AvgIpc) is 2.93. The molecule has 0 aliphatic carbocycles. The highest BCUT2D eigenvalue weighted by Crippen LogP contribution is 2.30. The molecule has 2 aromatic rings. The van der Waals surface area contributed by atoms with Crippen molar-refractivity contribution >= 4 is 17.0 Å². The van der Waals surface area contributed by atoms with Gasteiger partial charge in [-0.15, -0.1) is 0 Å². The van der Waals surface area contributed by atoms with Crippen LogP contribution in [0.25, 0.3) is 11.2 Å². The molecule has 9 heteroatoms. The van der Waals surface area contributed by atoms with Crippen molar-refractivity contribution in [2.24, 2.45) is 0 Å². The Morgan fingerprint density at radius 1 is 1.42 bits per heavy atom. The van der Waals surface area contributed by atoms with Crippen molar-refractivity contribution in [1.82, 2.24) is 19.5 Å². The Morgan fingerprint density at radius 3 is 2.89 bits per heavy atom. The fourth-order valence-electron chi connectivity index (χ4n) is 2.13. The van der Waals surface area contributed by atoms with E-state index < -0.39 is 18.4 Å². The lowest BCUT2D eigenvalue weighted by Crippen LogP contribution is -2.24. The van der Waals surface area contributed by atoms with Crippen molar-refractivity contribution in [3.05, 3.63) is 12.7 Å². The van der Waals surface area contributed by atoms with Crippen LogP contribution in [0.3, 0.4) is 0 Å².